The second-order valence-electron chi connectivity index (χ2n) is 6.96. The average molecular weight is 335 g/mol. The zero-order chi connectivity index (χ0) is 17.5. The van der Waals surface area contributed by atoms with Gasteiger partial charge in [0.2, 0.25) is 6.10 Å². The lowest BCUT2D eigenvalue weighted by atomic mass is 9.89. The molecule has 0 aromatic carbocycles. The first-order valence-electron chi connectivity index (χ1n) is 7.93. The van der Waals surface area contributed by atoms with Crippen molar-refractivity contribution < 1.29 is 28.6 Å². The number of carbonyl (C=O) groups excluding carboxylic acids is 3. The Kier molecular flexibility index (Phi) is 4.11. The third-order valence-corrected chi connectivity index (χ3v) is 4.77. The molecule has 7 heteroatoms. The Hall–Kier alpha value is -2.31. The Bertz CT molecular complexity index is 623. The number of methoxy groups -OCH3 is 1. The van der Waals surface area contributed by atoms with Crippen LogP contribution in [0.4, 0.5) is 4.79 Å². The lowest BCUT2D eigenvalue weighted by Crippen LogP contribution is -2.43. The molecule has 0 aromatic rings. The maximum atomic E-state index is 12.7. The number of fused-ring (bicyclic) bond motifs is 2. The number of rotatable bonds is 2. The van der Waals surface area contributed by atoms with Crippen LogP contribution in [0.3, 0.4) is 0 Å². The fourth-order valence-electron chi connectivity index (χ4n) is 3.43. The molecule has 3 aliphatic heterocycles. The highest BCUT2D eigenvalue weighted by molar-refractivity contribution is 5.84. The first-order chi connectivity index (χ1) is 11.3. The molecule has 0 aliphatic carbocycles. The van der Waals surface area contributed by atoms with Crippen molar-refractivity contribution in [3.05, 3.63) is 24.3 Å². The molecule has 0 unspecified atom stereocenters. The lowest BCUT2D eigenvalue weighted by Gasteiger charge is -2.27. The second kappa shape index (κ2) is 5.96. The molecule has 2 fully saturated rings. The summed E-state index contributed by atoms with van der Waals surface area (Å²) in [4.78, 5) is 38.1. The number of ether oxygens (including phenoxy) is 3. The van der Waals surface area contributed by atoms with Gasteiger partial charge in [-0.1, -0.05) is 38.2 Å². The SMILES string of the molecule is COC(=O)N1[C@@H]2C=CC=C[C@H]1[C@@H](C(=O)O[C@H]1C(=O)OCC1(C)C)C2. The number of allylic oxidation sites excluding steroid dienone is 2. The van der Waals surface area contributed by atoms with Crippen LogP contribution in [0.15, 0.2) is 24.3 Å². The molecule has 0 aromatic heterocycles. The topological polar surface area (TPSA) is 82.1 Å². The molecule has 3 aliphatic rings. The van der Waals surface area contributed by atoms with Crippen molar-refractivity contribution in [2.45, 2.75) is 38.5 Å². The van der Waals surface area contributed by atoms with E-state index in [1.54, 1.807) is 12.2 Å². The van der Waals surface area contributed by atoms with Crippen LogP contribution in [-0.2, 0) is 23.8 Å². The molecule has 130 valence electrons. The third-order valence-electron chi connectivity index (χ3n) is 4.77. The van der Waals surface area contributed by atoms with Gasteiger partial charge in [0, 0.05) is 5.41 Å². The Balaban J connectivity index is 1.79. The fourth-order valence-corrected chi connectivity index (χ4v) is 3.43. The van der Waals surface area contributed by atoms with E-state index < -0.39 is 41.5 Å². The van der Waals surface area contributed by atoms with Crippen molar-refractivity contribution in [3.8, 4) is 0 Å². The summed E-state index contributed by atoms with van der Waals surface area (Å²) in [6.45, 7) is 3.85. The van der Waals surface area contributed by atoms with Gasteiger partial charge in [-0.2, -0.15) is 0 Å². The number of esters is 2. The maximum absolute atomic E-state index is 12.7. The minimum Gasteiger partial charge on any atom is -0.462 e. The number of hydrogen-bond donors (Lipinski definition) is 0. The molecule has 0 N–H and O–H groups in total. The van der Waals surface area contributed by atoms with Crippen molar-refractivity contribution >= 4 is 18.0 Å². The van der Waals surface area contributed by atoms with Crippen molar-refractivity contribution in [3.63, 3.8) is 0 Å². The first kappa shape index (κ1) is 16.5. The number of cyclic esters (lactones) is 1. The standard InChI is InChI=1S/C17H21NO6/c1-17(2)9-23-15(20)13(17)24-14(19)11-8-10-6-4-5-7-12(11)18(10)16(21)22-3/h4-7,10-13H,8-9H2,1-3H3/t10-,11+,12+,13+/m1/s1. The highest BCUT2D eigenvalue weighted by Crippen LogP contribution is 2.37. The molecule has 3 heterocycles. The van der Waals surface area contributed by atoms with Crippen LogP contribution in [0.25, 0.3) is 0 Å². The largest absolute Gasteiger partial charge is 0.462 e. The van der Waals surface area contributed by atoms with Gasteiger partial charge >= 0.3 is 18.0 Å². The highest BCUT2D eigenvalue weighted by atomic mass is 16.6. The van der Waals surface area contributed by atoms with Gasteiger partial charge < -0.3 is 14.2 Å². The van der Waals surface area contributed by atoms with Gasteiger partial charge in [-0.3, -0.25) is 9.69 Å². The van der Waals surface area contributed by atoms with Crippen molar-refractivity contribution in [1.82, 2.24) is 4.90 Å². The third kappa shape index (κ3) is 2.68. The van der Waals surface area contributed by atoms with Crippen molar-refractivity contribution in [1.29, 1.82) is 0 Å². The summed E-state index contributed by atoms with van der Waals surface area (Å²) >= 11 is 0. The van der Waals surface area contributed by atoms with Crippen LogP contribution < -0.4 is 0 Å². The Morgan fingerprint density at radius 1 is 1.29 bits per heavy atom. The van der Waals surface area contributed by atoms with E-state index in [9.17, 15) is 14.4 Å². The summed E-state index contributed by atoms with van der Waals surface area (Å²) < 4.78 is 15.3. The van der Waals surface area contributed by atoms with Gasteiger partial charge in [-0.05, 0) is 6.42 Å². The van der Waals surface area contributed by atoms with E-state index in [0.717, 1.165) is 0 Å². The van der Waals surface area contributed by atoms with Crippen LogP contribution in [0.1, 0.15) is 20.3 Å². The van der Waals surface area contributed by atoms with E-state index in [4.69, 9.17) is 14.2 Å². The number of nitrogens with zero attached hydrogens (tertiary/aromatic N) is 1. The van der Waals surface area contributed by atoms with Crippen molar-refractivity contribution in [2.24, 2.45) is 11.3 Å². The molecule has 7 nitrogen and oxygen atoms in total. The molecule has 1 amide bonds. The van der Waals surface area contributed by atoms with Gasteiger partial charge in [-0.25, -0.2) is 9.59 Å². The summed E-state index contributed by atoms with van der Waals surface area (Å²) in [7, 11) is 1.31. The zero-order valence-corrected chi connectivity index (χ0v) is 13.9. The van der Waals surface area contributed by atoms with Gasteiger partial charge in [0.1, 0.15) is 6.61 Å². The molecule has 2 bridgehead atoms. The molecular weight excluding hydrogens is 314 g/mol. The second-order valence-corrected chi connectivity index (χ2v) is 6.96. The summed E-state index contributed by atoms with van der Waals surface area (Å²) in [6, 6.07) is -0.691. The predicted octanol–water partition coefficient (Wildman–Crippen LogP) is 1.43. The number of carbonyl (C=O) groups is 3. The molecular formula is C17H21NO6. The molecule has 24 heavy (non-hydrogen) atoms. The molecule has 2 saturated heterocycles. The summed E-state index contributed by atoms with van der Waals surface area (Å²) in [5.74, 6) is -1.56. The minimum atomic E-state index is -0.918. The van der Waals surface area contributed by atoms with Gasteiger partial charge in [0.15, 0.2) is 0 Å². The van der Waals surface area contributed by atoms with Crippen LogP contribution >= 0.6 is 0 Å². The smallest absolute Gasteiger partial charge is 0.410 e. The molecule has 3 rings (SSSR count). The predicted molar refractivity (Wildman–Crippen MR) is 82.8 cm³/mol. The van der Waals surface area contributed by atoms with E-state index in [1.165, 1.54) is 12.0 Å². The van der Waals surface area contributed by atoms with Crippen LogP contribution in [-0.4, -0.2) is 54.8 Å². The Labute approximate surface area is 140 Å². The minimum absolute atomic E-state index is 0.220. The van der Waals surface area contributed by atoms with Gasteiger partial charge in [-0.15, -0.1) is 0 Å². The van der Waals surface area contributed by atoms with Crippen LogP contribution in [0, 0.1) is 11.3 Å². The van der Waals surface area contributed by atoms with Gasteiger partial charge in [0.05, 0.1) is 25.1 Å². The highest BCUT2D eigenvalue weighted by Gasteiger charge is 2.51. The summed E-state index contributed by atoms with van der Waals surface area (Å²) in [6.07, 6.45) is 6.31. The van der Waals surface area contributed by atoms with E-state index in [2.05, 4.69) is 0 Å². The zero-order valence-electron chi connectivity index (χ0n) is 13.9. The van der Waals surface area contributed by atoms with E-state index in [-0.39, 0.29) is 12.6 Å². The van der Waals surface area contributed by atoms with Gasteiger partial charge in [0.25, 0.3) is 0 Å². The van der Waals surface area contributed by atoms with Crippen molar-refractivity contribution in [2.75, 3.05) is 13.7 Å². The van der Waals surface area contributed by atoms with E-state index in [0.29, 0.717) is 6.42 Å². The summed E-state index contributed by atoms with van der Waals surface area (Å²) in [5, 5.41) is 0. The van der Waals surface area contributed by atoms with Crippen LogP contribution in [0.5, 0.6) is 0 Å². The number of hydrogen-bond acceptors (Lipinski definition) is 6. The lowest BCUT2D eigenvalue weighted by molar-refractivity contribution is -0.166. The Morgan fingerprint density at radius 2 is 2.00 bits per heavy atom. The van der Waals surface area contributed by atoms with E-state index in [1.807, 2.05) is 26.0 Å². The Morgan fingerprint density at radius 3 is 2.62 bits per heavy atom. The molecule has 0 spiro atoms. The fraction of sp³-hybridized carbons (Fsp3) is 0.588. The summed E-state index contributed by atoms with van der Waals surface area (Å²) in [5.41, 5.74) is -0.560. The molecule has 4 atom stereocenters. The van der Waals surface area contributed by atoms with Crippen LogP contribution in [0.2, 0.25) is 0 Å². The maximum Gasteiger partial charge on any atom is 0.410 e. The quantitative estimate of drug-likeness (QED) is 0.561. The normalized spacial score (nSPS) is 33.1. The first-order valence-corrected chi connectivity index (χ1v) is 7.93. The molecule has 0 saturated carbocycles. The average Bonchev–Trinajstić information content (AvgIpc) is 2.91. The number of amides is 1. The molecule has 0 radical (unpaired) electrons. The van der Waals surface area contributed by atoms with E-state index >= 15 is 0 Å². The monoisotopic (exact) mass is 335 g/mol.